The van der Waals surface area contributed by atoms with E-state index in [0.29, 0.717) is 0 Å². The van der Waals surface area contributed by atoms with Crippen LogP contribution in [0.1, 0.15) is 35.2 Å². The molecule has 90 valence electrons. The van der Waals surface area contributed by atoms with E-state index >= 15 is 0 Å². The van der Waals surface area contributed by atoms with Gasteiger partial charge in [-0.05, 0) is 53.7 Å². The summed E-state index contributed by atoms with van der Waals surface area (Å²) in [5.41, 5.74) is 1.81. The zero-order valence-corrected chi connectivity index (χ0v) is 11.5. The molecule has 0 bridgehead atoms. The Labute approximate surface area is 110 Å². The van der Waals surface area contributed by atoms with Gasteiger partial charge >= 0.3 is 0 Å². The van der Waals surface area contributed by atoms with Gasteiger partial charge in [0.05, 0.1) is 5.56 Å². The summed E-state index contributed by atoms with van der Waals surface area (Å²) in [5, 5.41) is 3.08. The molecule has 1 unspecified atom stereocenters. The molecule has 1 amide bonds. The summed E-state index contributed by atoms with van der Waals surface area (Å²) in [6.45, 7) is 1.99. The van der Waals surface area contributed by atoms with Crippen molar-refractivity contribution < 1.29 is 4.79 Å². The van der Waals surface area contributed by atoms with Crippen LogP contribution in [0.3, 0.4) is 0 Å². The molecule has 1 atom stereocenters. The van der Waals surface area contributed by atoms with Crippen LogP contribution >= 0.6 is 15.9 Å². The third kappa shape index (κ3) is 2.97. The minimum atomic E-state index is 0.0147. The van der Waals surface area contributed by atoms with Gasteiger partial charge in [0, 0.05) is 10.5 Å². The number of halogens is 1. The predicted octanol–water partition coefficient (Wildman–Crippen LogP) is 3.60. The molecule has 0 fully saturated rings. The largest absolute Gasteiger partial charge is 0.349 e. The lowest BCUT2D eigenvalue weighted by Gasteiger charge is -2.19. The lowest BCUT2D eigenvalue weighted by atomic mass is 10.0. The highest BCUT2D eigenvalue weighted by Gasteiger charge is 2.16. The quantitative estimate of drug-likeness (QED) is 0.830. The average molecular weight is 294 g/mol. The Morgan fingerprint density at radius 2 is 2.24 bits per heavy atom. The first-order valence-corrected chi connectivity index (χ1v) is 6.69. The van der Waals surface area contributed by atoms with Crippen LogP contribution in [0, 0.1) is 6.92 Å². The molecule has 2 nitrogen and oxygen atoms in total. The minimum Gasteiger partial charge on any atom is -0.349 e. The number of benzene rings is 1. The van der Waals surface area contributed by atoms with Crippen LogP contribution in [0.25, 0.3) is 0 Å². The maximum Gasteiger partial charge on any atom is 0.252 e. The molecule has 0 saturated heterocycles. The van der Waals surface area contributed by atoms with Crippen LogP contribution in [0.2, 0.25) is 0 Å². The van der Waals surface area contributed by atoms with Crippen LogP contribution in [0.4, 0.5) is 0 Å². The zero-order chi connectivity index (χ0) is 12.3. The van der Waals surface area contributed by atoms with Gasteiger partial charge in [-0.25, -0.2) is 0 Å². The van der Waals surface area contributed by atoms with Crippen molar-refractivity contribution in [1.82, 2.24) is 5.32 Å². The summed E-state index contributed by atoms with van der Waals surface area (Å²) in [6.07, 6.45) is 7.34. The van der Waals surface area contributed by atoms with Crippen molar-refractivity contribution in [2.45, 2.75) is 32.2 Å². The van der Waals surface area contributed by atoms with Crippen molar-refractivity contribution in [3.63, 3.8) is 0 Å². The first kappa shape index (κ1) is 12.4. The maximum absolute atomic E-state index is 12.1. The molecular weight excluding hydrogens is 278 g/mol. The number of rotatable bonds is 2. The standard InChI is InChI=1S/C14H16BrNO/c1-10-6-5-9-12(13(10)15)14(17)16-11-7-3-2-4-8-11/h2-3,5-6,9,11H,4,7-8H2,1H3,(H,16,17). The number of carbonyl (C=O) groups is 1. The van der Waals surface area contributed by atoms with Crippen LogP contribution in [0.15, 0.2) is 34.8 Å². The molecule has 0 aliphatic heterocycles. The minimum absolute atomic E-state index is 0.0147. The second-order valence-electron chi connectivity index (χ2n) is 4.39. The number of aryl methyl sites for hydroxylation is 1. The molecule has 0 saturated carbocycles. The van der Waals surface area contributed by atoms with E-state index in [1.807, 2.05) is 25.1 Å². The summed E-state index contributed by atoms with van der Waals surface area (Å²) in [4.78, 5) is 12.1. The molecule has 0 heterocycles. The van der Waals surface area contributed by atoms with Crippen molar-refractivity contribution >= 4 is 21.8 Å². The Hall–Kier alpha value is -1.09. The van der Waals surface area contributed by atoms with Crippen LogP contribution < -0.4 is 5.32 Å². The fourth-order valence-electron chi connectivity index (χ4n) is 2.01. The van der Waals surface area contributed by atoms with E-state index in [2.05, 4.69) is 33.4 Å². The summed E-state index contributed by atoms with van der Waals surface area (Å²) >= 11 is 3.47. The van der Waals surface area contributed by atoms with Gasteiger partial charge in [-0.2, -0.15) is 0 Å². The highest BCUT2D eigenvalue weighted by atomic mass is 79.9. The van der Waals surface area contributed by atoms with Gasteiger partial charge in [0.25, 0.3) is 5.91 Å². The van der Waals surface area contributed by atoms with Crippen molar-refractivity contribution in [2.75, 3.05) is 0 Å². The Kier molecular flexibility index (Phi) is 4.00. The highest BCUT2D eigenvalue weighted by molar-refractivity contribution is 9.10. The Morgan fingerprint density at radius 3 is 2.94 bits per heavy atom. The monoisotopic (exact) mass is 293 g/mol. The molecule has 0 aromatic heterocycles. The molecule has 17 heavy (non-hydrogen) atoms. The van der Waals surface area contributed by atoms with Gasteiger partial charge in [-0.15, -0.1) is 0 Å². The fourth-order valence-corrected chi connectivity index (χ4v) is 2.46. The van der Waals surface area contributed by atoms with E-state index < -0.39 is 0 Å². The Bertz CT molecular complexity index is 454. The number of carbonyl (C=O) groups excluding carboxylic acids is 1. The van der Waals surface area contributed by atoms with Crippen molar-refractivity contribution in [3.05, 3.63) is 46.0 Å². The molecule has 0 radical (unpaired) electrons. The third-order valence-corrected chi connectivity index (χ3v) is 4.09. The average Bonchev–Trinajstić information content (AvgIpc) is 2.34. The number of amides is 1. The van der Waals surface area contributed by atoms with Crippen LogP contribution in [-0.4, -0.2) is 11.9 Å². The first-order chi connectivity index (χ1) is 8.18. The second-order valence-corrected chi connectivity index (χ2v) is 5.18. The molecule has 2 rings (SSSR count). The molecular formula is C14H16BrNO. The van der Waals surface area contributed by atoms with E-state index in [1.165, 1.54) is 0 Å². The fraction of sp³-hybridized carbons (Fsp3) is 0.357. The lowest BCUT2D eigenvalue weighted by molar-refractivity contribution is 0.0934. The molecule has 1 aromatic carbocycles. The smallest absolute Gasteiger partial charge is 0.252 e. The normalized spacial score (nSPS) is 19.1. The van der Waals surface area contributed by atoms with E-state index in [-0.39, 0.29) is 11.9 Å². The molecule has 1 aliphatic rings. The molecule has 1 N–H and O–H groups in total. The van der Waals surface area contributed by atoms with Crippen LogP contribution in [0.5, 0.6) is 0 Å². The summed E-state index contributed by atoms with van der Waals surface area (Å²) in [5.74, 6) is 0.0147. The summed E-state index contributed by atoms with van der Waals surface area (Å²) < 4.78 is 0.892. The summed E-state index contributed by atoms with van der Waals surface area (Å²) in [7, 11) is 0. The topological polar surface area (TPSA) is 29.1 Å². The van der Waals surface area contributed by atoms with E-state index in [0.717, 1.165) is 34.9 Å². The SMILES string of the molecule is Cc1cccc(C(=O)NC2CC=CCC2)c1Br. The lowest BCUT2D eigenvalue weighted by Crippen LogP contribution is -2.35. The number of allylic oxidation sites excluding steroid dienone is 1. The van der Waals surface area contributed by atoms with Gasteiger partial charge < -0.3 is 5.32 Å². The van der Waals surface area contributed by atoms with Crippen LogP contribution in [-0.2, 0) is 0 Å². The predicted molar refractivity (Wildman–Crippen MR) is 73.1 cm³/mol. The van der Waals surface area contributed by atoms with E-state index in [4.69, 9.17) is 0 Å². The molecule has 1 aromatic rings. The van der Waals surface area contributed by atoms with Gasteiger partial charge in [0.1, 0.15) is 0 Å². The van der Waals surface area contributed by atoms with Gasteiger partial charge in [0.2, 0.25) is 0 Å². The van der Waals surface area contributed by atoms with Gasteiger partial charge in [-0.1, -0.05) is 24.3 Å². The van der Waals surface area contributed by atoms with Gasteiger partial charge in [-0.3, -0.25) is 4.79 Å². The number of nitrogens with one attached hydrogen (secondary N) is 1. The van der Waals surface area contributed by atoms with Gasteiger partial charge in [0.15, 0.2) is 0 Å². The summed E-state index contributed by atoms with van der Waals surface area (Å²) in [6, 6.07) is 6.03. The molecule has 1 aliphatic carbocycles. The first-order valence-electron chi connectivity index (χ1n) is 5.89. The Morgan fingerprint density at radius 1 is 1.41 bits per heavy atom. The van der Waals surface area contributed by atoms with Crippen molar-refractivity contribution in [1.29, 1.82) is 0 Å². The third-order valence-electron chi connectivity index (χ3n) is 3.04. The highest BCUT2D eigenvalue weighted by Crippen LogP contribution is 2.21. The second kappa shape index (κ2) is 5.50. The number of hydrogen-bond donors (Lipinski definition) is 1. The zero-order valence-electron chi connectivity index (χ0n) is 9.87. The molecule has 3 heteroatoms. The Balaban J connectivity index is 2.09. The molecule has 0 spiro atoms. The number of hydrogen-bond acceptors (Lipinski definition) is 1. The maximum atomic E-state index is 12.1. The van der Waals surface area contributed by atoms with Crippen molar-refractivity contribution in [3.8, 4) is 0 Å². The van der Waals surface area contributed by atoms with Crippen molar-refractivity contribution in [2.24, 2.45) is 0 Å². The van der Waals surface area contributed by atoms with E-state index in [1.54, 1.807) is 0 Å². The van der Waals surface area contributed by atoms with E-state index in [9.17, 15) is 4.79 Å².